The topological polar surface area (TPSA) is 72.3 Å². The Morgan fingerprint density at radius 1 is 1.19 bits per heavy atom. The van der Waals surface area contributed by atoms with E-state index in [0.29, 0.717) is 6.54 Å². The predicted octanol–water partition coefficient (Wildman–Crippen LogP) is 2.46. The van der Waals surface area contributed by atoms with Gasteiger partial charge in [0.15, 0.2) is 0 Å². The Bertz CT molecular complexity index is 768. The van der Waals surface area contributed by atoms with Gasteiger partial charge in [0.2, 0.25) is 16.2 Å². The van der Waals surface area contributed by atoms with E-state index in [1.807, 2.05) is 0 Å². The third-order valence-corrected chi connectivity index (χ3v) is 6.50. The summed E-state index contributed by atoms with van der Waals surface area (Å²) in [6, 6.07) is 4.19. The largest absolute Gasteiger partial charge is 0.376 e. The molecule has 8 heteroatoms. The maximum atomic E-state index is 12.4. The van der Waals surface area contributed by atoms with Crippen molar-refractivity contribution in [2.45, 2.75) is 45.6 Å². The van der Waals surface area contributed by atoms with Crippen molar-refractivity contribution >= 4 is 22.4 Å². The maximum Gasteiger partial charge on any atom is 0.223 e. The minimum Gasteiger partial charge on any atom is -0.376 e. The van der Waals surface area contributed by atoms with E-state index in [2.05, 4.69) is 51.0 Å². The minimum atomic E-state index is 0.0870. The lowest BCUT2D eigenvalue weighted by molar-refractivity contribution is -0.126. The summed E-state index contributed by atoms with van der Waals surface area (Å²) in [6.07, 6.45) is 4.07. The van der Waals surface area contributed by atoms with E-state index < -0.39 is 0 Å². The number of piperidine rings is 1. The average Bonchev–Trinajstić information content (AvgIpc) is 3.42. The van der Waals surface area contributed by atoms with E-state index in [1.54, 1.807) is 11.3 Å². The van der Waals surface area contributed by atoms with Crippen LogP contribution in [-0.4, -0.2) is 53.0 Å². The lowest BCUT2D eigenvalue weighted by Gasteiger charge is -2.30. The van der Waals surface area contributed by atoms with Crippen molar-refractivity contribution in [2.75, 3.05) is 31.1 Å². The number of nitrogens with one attached hydrogen (secondary N) is 1. The molecule has 0 aromatic carbocycles. The van der Waals surface area contributed by atoms with Gasteiger partial charge in [-0.05, 0) is 51.7 Å². The highest BCUT2D eigenvalue weighted by Gasteiger charge is 2.27. The molecule has 0 saturated carbocycles. The third kappa shape index (κ3) is 4.01. The van der Waals surface area contributed by atoms with Gasteiger partial charge in [0.1, 0.15) is 0 Å². The molecule has 0 spiro atoms. The van der Waals surface area contributed by atoms with Crippen LogP contribution in [0.25, 0.3) is 5.13 Å². The Hall–Kier alpha value is -1.93. The van der Waals surface area contributed by atoms with E-state index in [4.69, 9.17) is 4.74 Å². The summed E-state index contributed by atoms with van der Waals surface area (Å²) < 4.78 is 7.71. The van der Waals surface area contributed by atoms with Gasteiger partial charge in [0, 0.05) is 43.5 Å². The van der Waals surface area contributed by atoms with Gasteiger partial charge in [-0.2, -0.15) is 0 Å². The van der Waals surface area contributed by atoms with Gasteiger partial charge in [-0.1, -0.05) is 11.3 Å². The van der Waals surface area contributed by atoms with Gasteiger partial charge < -0.3 is 15.0 Å². The molecule has 4 heterocycles. The number of aryl methyl sites for hydroxylation is 2. The molecular formula is C19H27N5O2S. The highest BCUT2D eigenvalue weighted by atomic mass is 32.1. The van der Waals surface area contributed by atoms with Crippen LogP contribution < -0.4 is 10.2 Å². The monoisotopic (exact) mass is 389 g/mol. The van der Waals surface area contributed by atoms with Gasteiger partial charge in [-0.3, -0.25) is 9.36 Å². The van der Waals surface area contributed by atoms with E-state index in [1.165, 1.54) is 0 Å². The zero-order chi connectivity index (χ0) is 18.8. The molecule has 2 saturated heterocycles. The van der Waals surface area contributed by atoms with Crippen LogP contribution in [0.3, 0.4) is 0 Å². The number of carbonyl (C=O) groups is 1. The Morgan fingerprint density at radius 3 is 2.56 bits per heavy atom. The Balaban J connectivity index is 1.31. The molecule has 0 bridgehead atoms. The molecule has 1 unspecified atom stereocenters. The van der Waals surface area contributed by atoms with Crippen molar-refractivity contribution in [3.8, 4) is 5.13 Å². The first-order chi connectivity index (χ1) is 13.1. The van der Waals surface area contributed by atoms with Crippen molar-refractivity contribution < 1.29 is 9.53 Å². The van der Waals surface area contributed by atoms with Crippen molar-refractivity contribution in [2.24, 2.45) is 5.92 Å². The standard InChI is InChI=1S/C19H27N5O2S/c1-13-5-6-14(2)24(13)19-22-21-18(27-19)23-9-7-15(8-10-23)17(25)20-12-16-4-3-11-26-16/h5-6,15-16H,3-4,7-12H2,1-2H3,(H,20,25). The van der Waals surface area contributed by atoms with Crippen LogP contribution in [0.5, 0.6) is 0 Å². The number of aromatic nitrogens is 3. The molecule has 2 fully saturated rings. The quantitative estimate of drug-likeness (QED) is 0.850. The Labute approximate surface area is 163 Å². The highest BCUT2D eigenvalue weighted by Crippen LogP contribution is 2.29. The minimum absolute atomic E-state index is 0.0870. The fraction of sp³-hybridized carbons (Fsp3) is 0.632. The molecule has 146 valence electrons. The van der Waals surface area contributed by atoms with Crippen molar-refractivity contribution in [1.82, 2.24) is 20.1 Å². The SMILES string of the molecule is Cc1ccc(C)n1-c1nnc(N2CCC(C(=O)NCC3CCCO3)CC2)s1. The molecule has 27 heavy (non-hydrogen) atoms. The van der Waals surface area contributed by atoms with Crippen LogP contribution in [0, 0.1) is 19.8 Å². The number of anilines is 1. The summed E-state index contributed by atoms with van der Waals surface area (Å²) in [5.74, 6) is 0.255. The molecule has 0 aliphatic carbocycles. The molecule has 1 atom stereocenters. The number of rotatable bonds is 5. The van der Waals surface area contributed by atoms with Crippen LogP contribution >= 0.6 is 11.3 Å². The molecule has 1 amide bonds. The predicted molar refractivity (Wildman–Crippen MR) is 106 cm³/mol. The van der Waals surface area contributed by atoms with Gasteiger partial charge in [-0.25, -0.2) is 0 Å². The summed E-state index contributed by atoms with van der Waals surface area (Å²) in [5.41, 5.74) is 2.33. The summed E-state index contributed by atoms with van der Waals surface area (Å²) in [4.78, 5) is 14.7. The smallest absolute Gasteiger partial charge is 0.223 e. The number of ether oxygens (including phenoxy) is 1. The summed E-state index contributed by atoms with van der Waals surface area (Å²) >= 11 is 1.61. The molecule has 2 aliphatic rings. The second-order valence-corrected chi connectivity index (χ2v) is 8.39. The van der Waals surface area contributed by atoms with Crippen LogP contribution in [0.4, 0.5) is 5.13 Å². The van der Waals surface area contributed by atoms with Gasteiger partial charge in [0.25, 0.3) is 0 Å². The molecule has 2 aromatic heterocycles. The summed E-state index contributed by atoms with van der Waals surface area (Å²) in [5, 5.41) is 13.7. The van der Waals surface area contributed by atoms with Crippen LogP contribution in [0.2, 0.25) is 0 Å². The first kappa shape index (κ1) is 18.4. The lowest BCUT2D eigenvalue weighted by atomic mass is 9.96. The van der Waals surface area contributed by atoms with Crippen LogP contribution in [-0.2, 0) is 9.53 Å². The maximum absolute atomic E-state index is 12.4. The number of carbonyl (C=O) groups excluding carboxylic acids is 1. The van der Waals surface area contributed by atoms with Crippen LogP contribution in [0.1, 0.15) is 37.1 Å². The molecule has 7 nitrogen and oxygen atoms in total. The number of hydrogen-bond acceptors (Lipinski definition) is 6. The fourth-order valence-corrected chi connectivity index (χ4v) is 4.91. The average molecular weight is 390 g/mol. The lowest BCUT2D eigenvalue weighted by Crippen LogP contribution is -2.42. The van der Waals surface area contributed by atoms with Gasteiger partial charge >= 0.3 is 0 Å². The van der Waals surface area contributed by atoms with Crippen LogP contribution in [0.15, 0.2) is 12.1 Å². The third-order valence-electron chi connectivity index (χ3n) is 5.53. The van der Waals surface area contributed by atoms with Crippen molar-refractivity contribution in [3.05, 3.63) is 23.5 Å². The van der Waals surface area contributed by atoms with E-state index in [0.717, 1.165) is 67.0 Å². The first-order valence-electron chi connectivity index (χ1n) is 9.75. The molecule has 0 radical (unpaired) electrons. The zero-order valence-electron chi connectivity index (χ0n) is 16.0. The molecular weight excluding hydrogens is 362 g/mol. The second-order valence-electron chi connectivity index (χ2n) is 7.46. The number of hydrogen-bond donors (Lipinski definition) is 1. The Morgan fingerprint density at radius 2 is 1.89 bits per heavy atom. The molecule has 2 aliphatic heterocycles. The first-order valence-corrected chi connectivity index (χ1v) is 10.6. The summed E-state index contributed by atoms with van der Waals surface area (Å²) in [6.45, 7) is 7.31. The molecule has 2 aromatic rings. The second kappa shape index (κ2) is 7.98. The van der Waals surface area contributed by atoms with Gasteiger partial charge in [-0.15, -0.1) is 10.2 Å². The van der Waals surface area contributed by atoms with Crippen molar-refractivity contribution in [3.63, 3.8) is 0 Å². The summed E-state index contributed by atoms with van der Waals surface area (Å²) in [7, 11) is 0. The van der Waals surface area contributed by atoms with Crippen molar-refractivity contribution in [1.29, 1.82) is 0 Å². The number of nitrogens with zero attached hydrogens (tertiary/aromatic N) is 4. The van der Waals surface area contributed by atoms with E-state index >= 15 is 0 Å². The molecule has 1 N–H and O–H groups in total. The normalized spacial score (nSPS) is 21.0. The van der Waals surface area contributed by atoms with E-state index in [-0.39, 0.29) is 17.9 Å². The number of amides is 1. The Kier molecular flexibility index (Phi) is 5.45. The molecule has 4 rings (SSSR count). The van der Waals surface area contributed by atoms with E-state index in [9.17, 15) is 4.79 Å². The zero-order valence-corrected chi connectivity index (χ0v) is 16.8. The van der Waals surface area contributed by atoms with Gasteiger partial charge in [0.05, 0.1) is 6.10 Å². The fourth-order valence-electron chi connectivity index (χ4n) is 3.89. The highest BCUT2D eigenvalue weighted by molar-refractivity contribution is 7.17.